The lowest BCUT2D eigenvalue weighted by Crippen LogP contribution is -2.52. The van der Waals surface area contributed by atoms with E-state index in [1.54, 1.807) is 19.2 Å². The number of ether oxygens (including phenoxy) is 1. The van der Waals surface area contributed by atoms with Crippen LogP contribution in [0, 0.1) is 19.8 Å². The zero-order valence-electron chi connectivity index (χ0n) is 17.6. The van der Waals surface area contributed by atoms with Crippen molar-refractivity contribution in [2.45, 2.75) is 45.1 Å². The quantitative estimate of drug-likeness (QED) is 0.729. The minimum atomic E-state index is -3.57. The van der Waals surface area contributed by atoms with E-state index in [-0.39, 0.29) is 6.04 Å². The zero-order valence-corrected chi connectivity index (χ0v) is 18.4. The van der Waals surface area contributed by atoms with Crippen LogP contribution >= 0.6 is 0 Å². The molecule has 27 heavy (non-hydrogen) atoms. The molecule has 1 aromatic rings. The molecule has 1 heterocycles. The summed E-state index contributed by atoms with van der Waals surface area (Å²) in [5, 5.41) is 0. The van der Waals surface area contributed by atoms with Gasteiger partial charge in [0.05, 0.1) is 12.0 Å². The summed E-state index contributed by atoms with van der Waals surface area (Å²) in [5.74, 6) is 1.20. The second-order valence-electron chi connectivity index (χ2n) is 8.06. The van der Waals surface area contributed by atoms with Crippen molar-refractivity contribution in [3.63, 3.8) is 0 Å². The Bertz CT molecular complexity index is 703. The number of likely N-dealkylation sites (N-methyl/N-ethyl adjacent to an activating group) is 1. The van der Waals surface area contributed by atoms with Crippen LogP contribution in [0.3, 0.4) is 0 Å². The number of nitrogens with one attached hydrogen (secondary N) is 1. The summed E-state index contributed by atoms with van der Waals surface area (Å²) in [4.78, 5) is 5.11. The molecule has 1 fully saturated rings. The molecule has 0 radical (unpaired) electrons. The molecular formula is C20H35N3O3S. The topological polar surface area (TPSA) is 61.9 Å². The largest absolute Gasteiger partial charge is 0.497 e. The molecule has 0 aromatic heterocycles. The summed E-state index contributed by atoms with van der Waals surface area (Å²) < 4.78 is 34.2. The summed E-state index contributed by atoms with van der Waals surface area (Å²) in [5.41, 5.74) is 1.42. The van der Waals surface area contributed by atoms with Crippen LogP contribution in [0.5, 0.6) is 5.75 Å². The number of nitrogens with zero attached hydrogens (tertiary/aromatic N) is 2. The highest BCUT2D eigenvalue weighted by atomic mass is 32.2. The first-order chi connectivity index (χ1) is 12.6. The number of aryl methyl sites for hydroxylation is 2. The summed E-state index contributed by atoms with van der Waals surface area (Å²) in [6.45, 7) is 12.5. The van der Waals surface area contributed by atoms with Gasteiger partial charge in [-0.05, 0) is 56.5 Å². The molecule has 1 aliphatic heterocycles. The van der Waals surface area contributed by atoms with Crippen LogP contribution < -0.4 is 9.46 Å². The molecule has 0 spiro atoms. The fourth-order valence-electron chi connectivity index (χ4n) is 3.82. The molecule has 0 saturated carbocycles. The normalized spacial score (nSPS) is 18.0. The van der Waals surface area contributed by atoms with Crippen molar-refractivity contribution in [3.05, 3.63) is 23.3 Å². The van der Waals surface area contributed by atoms with Crippen LogP contribution in [0.25, 0.3) is 0 Å². The second-order valence-corrected chi connectivity index (χ2v) is 9.77. The minimum absolute atomic E-state index is 0.215. The third-order valence-electron chi connectivity index (χ3n) is 5.24. The Hall–Kier alpha value is -1.15. The van der Waals surface area contributed by atoms with Crippen molar-refractivity contribution < 1.29 is 13.2 Å². The molecule has 0 bridgehead atoms. The predicted molar refractivity (Wildman–Crippen MR) is 110 cm³/mol. The van der Waals surface area contributed by atoms with E-state index in [0.717, 1.165) is 32.6 Å². The lowest BCUT2D eigenvalue weighted by molar-refractivity contribution is 0.102. The molecule has 1 unspecified atom stereocenters. The molecule has 0 aliphatic carbocycles. The van der Waals surface area contributed by atoms with Gasteiger partial charge in [0.15, 0.2) is 0 Å². The van der Waals surface area contributed by atoms with E-state index in [1.807, 2.05) is 13.8 Å². The fourth-order valence-corrected chi connectivity index (χ4v) is 5.34. The van der Waals surface area contributed by atoms with Crippen LogP contribution in [0.15, 0.2) is 17.0 Å². The van der Waals surface area contributed by atoms with Gasteiger partial charge in [-0.3, -0.25) is 4.90 Å². The van der Waals surface area contributed by atoms with Gasteiger partial charge in [0.1, 0.15) is 5.75 Å². The summed E-state index contributed by atoms with van der Waals surface area (Å²) >= 11 is 0. The Labute approximate surface area is 164 Å². The van der Waals surface area contributed by atoms with E-state index in [1.165, 1.54) is 0 Å². The summed E-state index contributed by atoms with van der Waals surface area (Å²) in [6, 6.07) is 3.76. The number of rotatable bonds is 8. The number of hydrogen-bond acceptors (Lipinski definition) is 5. The number of piperazine rings is 1. The van der Waals surface area contributed by atoms with Gasteiger partial charge in [-0.25, -0.2) is 13.1 Å². The lowest BCUT2D eigenvalue weighted by atomic mass is 10.0. The fraction of sp³-hybridized carbons (Fsp3) is 0.700. The van der Waals surface area contributed by atoms with E-state index in [0.29, 0.717) is 34.2 Å². The molecular weight excluding hydrogens is 362 g/mol. The van der Waals surface area contributed by atoms with Gasteiger partial charge in [0, 0.05) is 38.8 Å². The first kappa shape index (κ1) is 22.1. The predicted octanol–water partition coefficient (Wildman–Crippen LogP) is 2.25. The van der Waals surface area contributed by atoms with Gasteiger partial charge >= 0.3 is 0 Å². The van der Waals surface area contributed by atoms with Crippen LogP contribution in [-0.4, -0.2) is 71.1 Å². The van der Waals surface area contributed by atoms with Gasteiger partial charge in [-0.15, -0.1) is 0 Å². The van der Waals surface area contributed by atoms with E-state index < -0.39 is 10.0 Å². The van der Waals surface area contributed by atoms with Crippen LogP contribution in [0.4, 0.5) is 0 Å². The molecule has 154 valence electrons. The highest BCUT2D eigenvalue weighted by molar-refractivity contribution is 7.89. The first-order valence-corrected chi connectivity index (χ1v) is 11.2. The molecule has 7 heteroatoms. The maximum atomic E-state index is 13.0. The van der Waals surface area contributed by atoms with Crippen LogP contribution in [-0.2, 0) is 10.0 Å². The Kier molecular flexibility index (Phi) is 7.68. The van der Waals surface area contributed by atoms with E-state index in [4.69, 9.17) is 4.74 Å². The van der Waals surface area contributed by atoms with Crippen molar-refractivity contribution in [2.24, 2.45) is 5.92 Å². The van der Waals surface area contributed by atoms with Crippen molar-refractivity contribution in [1.82, 2.24) is 14.5 Å². The lowest BCUT2D eigenvalue weighted by Gasteiger charge is -2.38. The molecule has 2 rings (SSSR count). The van der Waals surface area contributed by atoms with Gasteiger partial charge in [-0.1, -0.05) is 13.8 Å². The van der Waals surface area contributed by atoms with Crippen molar-refractivity contribution in [2.75, 3.05) is 46.9 Å². The Morgan fingerprint density at radius 3 is 2.15 bits per heavy atom. The van der Waals surface area contributed by atoms with Crippen molar-refractivity contribution in [1.29, 1.82) is 0 Å². The average molecular weight is 398 g/mol. The molecule has 1 aliphatic rings. The smallest absolute Gasteiger partial charge is 0.241 e. The van der Waals surface area contributed by atoms with E-state index >= 15 is 0 Å². The Morgan fingerprint density at radius 1 is 1.11 bits per heavy atom. The number of sulfonamides is 1. The first-order valence-electron chi connectivity index (χ1n) is 9.71. The van der Waals surface area contributed by atoms with E-state index in [2.05, 4.69) is 35.4 Å². The third-order valence-corrected chi connectivity index (χ3v) is 6.97. The second kappa shape index (κ2) is 9.37. The third kappa shape index (κ3) is 5.91. The average Bonchev–Trinajstić information content (AvgIpc) is 2.58. The Morgan fingerprint density at radius 2 is 1.67 bits per heavy atom. The maximum Gasteiger partial charge on any atom is 0.241 e. The van der Waals surface area contributed by atoms with Gasteiger partial charge in [-0.2, -0.15) is 0 Å². The molecule has 0 amide bonds. The molecule has 1 N–H and O–H groups in total. The van der Waals surface area contributed by atoms with Crippen LogP contribution in [0.2, 0.25) is 0 Å². The van der Waals surface area contributed by atoms with Crippen LogP contribution in [0.1, 0.15) is 31.4 Å². The minimum Gasteiger partial charge on any atom is -0.497 e. The van der Waals surface area contributed by atoms with E-state index in [9.17, 15) is 8.42 Å². The maximum absolute atomic E-state index is 13.0. The number of benzene rings is 1. The van der Waals surface area contributed by atoms with Crippen molar-refractivity contribution in [3.8, 4) is 5.75 Å². The van der Waals surface area contributed by atoms with Crippen molar-refractivity contribution >= 4 is 10.0 Å². The number of hydrogen-bond donors (Lipinski definition) is 1. The zero-order chi connectivity index (χ0) is 20.2. The molecule has 1 aromatic carbocycles. The highest BCUT2D eigenvalue weighted by Gasteiger charge is 2.26. The van der Waals surface area contributed by atoms with Gasteiger partial charge < -0.3 is 9.64 Å². The Balaban J connectivity index is 2.15. The summed E-state index contributed by atoms with van der Waals surface area (Å²) in [6.07, 6.45) is 0.979. The molecule has 1 saturated heterocycles. The monoisotopic (exact) mass is 397 g/mol. The van der Waals surface area contributed by atoms with Gasteiger partial charge in [0.25, 0.3) is 0 Å². The highest BCUT2D eigenvalue weighted by Crippen LogP contribution is 2.25. The molecule has 1 atom stereocenters. The van der Waals surface area contributed by atoms with Gasteiger partial charge in [0.2, 0.25) is 10.0 Å². The number of methoxy groups -OCH3 is 1. The summed E-state index contributed by atoms with van der Waals surface area (Å²) in [7, 11) is 0.153. The molecule has 6 nitrogen and oxygen atoms in total. The standard InChI is InChI=1S/C20H35N3O3S/c1-15(2)11-18(23-9-7-22(5)8-10-23)14-21-27(24,25)20-16(3)12-19(26-6)13-17(20)4/h12-13,15,18,21H,7-11,14H2,1-6H3. The SMILES string of the molecule is COc1cc(C)c(S(=O)(=O)NCC(CC(C)C)N2CCN(C)CC2)c(C)c1.